The zero-order chi connectivity index (χ0) is 33.0. The molecule has 0 saturated heterocycles. The van der Waals surface area contributed by atoms with Gasteiger partial charge in [-0.15, -0.1) is 0 Å². The number of benzene rings is 6. The highest BCUT2D eigenvalue weighted by Crippen LogP contribution is 2.49. The van der Waals surface area contributed by atoms with Gasteiger partial charge in [0.05, 0.1) is 28.3 Å². The number of hydrogen-bond acceptors (Lipinski definition) is 2. The van der Waals surface area contributed by atoms with Crippen molar-refractivity contribution >= 4 is 44.4 Å². The SMILES string of the molecule is C1=CCCC(c2cc(-c3cccc(N4c5ccccc5-c5ccccc5-n5c4cc4cc6ccccc6cc45)c3)cc(-c3ccccc3)n2)=C1. The number of pyridine rings is 1. The van der Waals surface area contributed by atoms with Gasteiger partial charge in [-0.3, -0.25) is 9.47 Å². The Bertz CT molecular complexity index is 2660. The van der Waals surface area contributed by atoms with E-state index in [-0.39, 0.29) is 0 Å². The van der Waals surface area contributed by atoms with Gasteiger partial charge in [0.1, 0.15) is 5.82 Å². The number of fused-ring (bicyclic) bond motifs is 8. The molecule has 0 saturated carbocycles. The molecule has 3 heteroatoms. The highest BCUT2D eigenvalue weighted by atomic mass is 15.3. The standard InChI is InChI=1S/C47H33N3/c1-3-14-32(15-4-1)42-28-37(29-43(48-42)33-16-5-2-6-17-33)35-20-13-21-39(27-35)49-44-24-11-9-22-40(44)41-23-10-12-25-45(41)50-46-30-36-19-8-7-18-34(36)26-38(46)31-47(49)50/h1-5,7-16,18-31H,6,17H2. The maximum atomic E-state index is 5.19. The van der Waals surface area contributed by atoms with E-state index >= 15 is 0 Å². The lowest BCUT2D eigenvalue weighted by atomic mass is 9.96. The second kappa shape index (κ2) is 11.6. The van der Waals surface area contributed by atoms with Crippen LogP contribution < -0.4 is 4.90 Å². The summed E-state index contributed by atoms with van der Waals surface area (Å²) in [6, 6.07) is 57.3. The molecule has 236 valence electrons. The van der Waals surface area contributed by atoms with E-state index < -0.39 is 0 Å². The Kier molecular flexibility index (Phi) is 6.63. The lowest BCUT2D eigenvalue weighted by Gasteiger charge is -2.26. The maximum Gasteiger partial charge on any atom is 0.123 e. The quantitative estimate of drug-likeness (QED) is 0.191. The van der Waals surface area contributed by atoms with Crippen molar-refractivity contribution in [1.82, 2.24) is 9.55 Å². The van der Waals surface area contributed by atoms with Crippen molar-refractivity contribution in [3.8, 4) is 39.2 Å². The van der Waals surface area contributed by atoms with Crippen molar-refractivity contribution in [1.29, 1.82) is 0 Å². The van der Waals surface area contributed by atoms with Crippen LogP contribution in [0.1, 0.15) is 18.5 Å². The maximum absolute atomic E-state index is 5.19. The summed E-state index contributed by atoms with van der Waals surface area (Å²) in [5.41, 5.74) is 13.8. The normalized spacial score (nSPS) is 13.4. The van der Waals surface area contributed by atoms with E-state index in [9.17, 15) is 0 Å². The fraction of sp³-hybridized carbons (Fsp3) is 0.0426. The minimum Gasteiger partial charge on any atom is -0.295 e. The predicted octanol–water partition coefficient (Wildman–Crippen LogP) is 12.7. The van der Waals surface area contributed by atoms with Crippen molar-refractivity contribution < 1.29 is 0 Å². The summed E-state index contributed by atoms with van der Waals surface area (Å²) in [6.45, 7) is 0. The number of rotatable bonds is 4. The third-order valence-electron chi connectivity index (χ3n) is 10.1. The lowest BCUT2D eigenvalue weighted by molar-refractivity contribution is 1.04. The molecule has 0 radical (unpaired) electrons. The predicted molar refractivity (Wildman–Crippen MR) is 209 cm³/mol. The van der Waals surface area contributed by atoms with Gasteiger partial charge < -0.3 is 0 Å². The summed E-state index contributed by atoms with van der Waals surface area (Å²) in [5.74, 6) is 1.12. The van der Waals surface area contributed by atoms with Gasteiger partial charge in [0.2, 0.25) is 0 Å². The molecule has 6 aromatic carbocycles. The zero-order valence-corrected chi connectivity index (χ0v) is 27.5. The number of para-hydroxylation sites is 2. The van der Waals surface area contributed by atoms with E-state index in [1.165, 1.54) is 44.1 Å². The first-order valence-corrected chi connectivity index (χ1v) is 17.4. The fourth-order valence-electron chi connectivity index (χ4n) is 7.75. The molecule has 10 rings (SSSR count). The molecule has 2 aliphatic rings. The molecular formula is C47H33N3. The molecule has 3 heterocycles. The molecule has 2 aromatic heterocycles. The van der Waals surface area contributed by atoms with E-state index in [4.69, 9.17) is 4.98 Å². The number of nitrogens with zero attached hydrogens (tertiary/aromatic N) is 3. The second-order valence-electron chi connectivity index (χ2n) is 13.2. The average Bonchev–Trinajstić information content (AvgIpc) is 3.49. The summed E-state index contributed by atoms with van der Waals surface area (Å²) in [4.78, 5) is 7.63. The van der Waals surface area contributed by atoms with Gasteiger partial charge in [-0.1, -0.05) is 121 Å². The molecule has 0 fully saturated rings. The second-order valence-corrected chi connectivity index (χ2v) is 13.2. The molecule has 1 aliphatic carbocycles. The van der Waals surface area contributed by atoms with Crippen LogP contribution in [0.4, 0.5) is 17.2 Å². The summed E-state index contributed by atoms with van der Waals surface area (Å²) < 4.78 is 2.45. The smallest absolute Gasteiger partial charge is 0.123 e. The molecule has 0 amide bonds. The molecule has 0 N–H and O–H groups in total. The van der Waals surface area contributed by atoms with Crippen LogP contribution in [0, 0.1) is 0 Å². The minimum absolute atomic E-state index is 0.988. The highest BCUT2D eigenvalue weighted by molar-refractivity contribution is 6.04. The fourth-order valence-corrected chi connectivity index (χ4v) is 7.75. The van der Waals surface area contributed by atoms with Gasteiger partial charge in [-0.2, -0.15) is 0 Å². The topological polar surface area (TPSA) is 21.1 Å². The van der Waals surface area contributed by atoms with Crippen LogP contribution in [0.2, 0.25) is 0 Å². The van der Waals surface area contributed by atoms with Crippen LogP contribution in [-0.2, 0) is 0 Å². The molecule has 0 bridgehead atoms. The highest BCUT2D eigenvalue weighted by Gasteiger charge is 2.28. The Hall–Kier alpha value is -6.45. The molecule has 1 aliphatic heterocycles. The Morgan fingerprint density at radius 2 is 1.20 bits per heavy atom. The molecule has 3 nitrogen and oxygen atoms in total. The number of allylic oxidation sites excluding steroid dienone is 4. The molecule has 0 atom stereocenters. The first-order valence-electron chi connectivity index (χ1n) is 17.4. The zero-order valence-electron chi connectivity index (χ0n) is 27.5. The van der Waals surface area contributed by atoms with Crippen LogP contribution in [0.3, 0.4) is 0 Å². The van der Waals surface area contributed by atoms with Crippen LogP contribution in [0.25, 0.3) is 66.4 Å². The Balaban J connectivity index is 1.21. The minimum atomic E-state index is 0.988. The largest absolute Gasteiger partial charge is 0.295 e. The van der Waals surface area contributed by atoms with Gasteiger partial charge in [-0.25, -0.2) is 4.98 Å². The molecule has 0 unspecified atom stereocenters. The summed E-state index contributed by atoms with van der Waals surface area (Å²) in [7, 11) is 0. The van der Waals surface area contributed by atoms with Gasteiger partial charge >= 0.3 is 0 Å². The number of hydrogen-bond donors (Lipinski definition) is 0. The summed E-state index contributed by atoms with van der Waals surface area (Å²) in [5, 5.41) is 3.70. The van der Waals surface area contributed by atoms with Crippen molar-refractivity contribution in [3.05, 3.63) is 182 Å². The van der Waals surface area contributed by atoms with Gasteiger partial charge in [0.15, 0.2) is 0 Å². The van der Waals surface area contributed by atoms with Crippen LogP contribution in [0.5, 0.6) is 0 Å². The summed E-state index contributed by atoms with van der Waals surface area (Å²) >= 11 is 0. The molecule has 50 heavy (non-hydrogen) atoms. The molecule has 0 spiro atoms. The Morgan fingerprint density at radius 3 is 2.02 bits per heavy atom. The van der Waals surface area contributed by atoms with Crippen molar-refractivity contribution in [3.63, 3.8) is 0 Å². The van der Waals surface area contributed by atoms with Crippen LogP contribution >= 0.6 is 0 Å². The summed E-state index contributed by atoms with van der Waals surface area (Å²) in [6.07, 6.45) is 8.63. The Morgan fingerprint density at radius 1 is 0.500 bits per heavy atom. The van der Waals surface area contributed by atoms with Crippen molar-refractivity contribution in [2.75, 3.05) is 4.90 Å². The van der Waals surface area contributed by atoms with Gasteiger partial charge in [-0.05, 0) is 94.9 Å². The first-order chi connectivity index (χ1) is 24.8. The van der Waals surface area contributed by atoms with Crippen LogP contribution in [0.15, 0.2) is 176 Å². The monoisotopic (exact) mass is 639 g/mol. The van der Waals surface area contributed by atoms with E-state index in [1.54, 1.807) is 0 Å². The molecule has 8 aromatic rings. The van der Waals surface area contributed by atoms with E-state index in [1.807, 2.05) is 0 Å². The Labute approximate surface area is 291 Å². The third kappa shape index (κ3) is 4.70. The van der Waals surface area contributed by atoms with Crippen LogP contribution in [-0.4, -0.2) is 9.55 Å². The van der Waals surface area contributed by atoms with E-state index in [2.05, 4.69) is 185 Å². The van der Waals surface area contributed by atoms with Crippen molar-refractivity contribution in [2.45, 2.75) is 12.8 Å². The van der Waals surface area contributed by atoms with Crippen molar-refractivity contribution in [2.24, 2.45) is 0 Å². The van der Waals surface area contributed by atoms with Gasteiger partial charge in [0.25, 0.3) is 0 Å². The molecular weight excluding hydrogens is 607 g/mol. The number of anilines is 3. The lowest BCUT2D eigenvalue weighted by Crippen LogP contribution is -2.13. The average molecular weight is 640 g/mol. The third-order valence-corrected chi connectivity index (χ3v) is 10.1. The van der Waals surface area contributed by atoms with E-state index in [0.29, 0.717) is 0 Å². The van der Waals surface area contributed by atoms with Gasteiger partial charge in [0, 0.05) is 27.8 Å². The first kappa shape index (κ1) is 28.6. The number of aromatic nitrogens is 2. The van der Waals surface area contributed by atoms with E-state index in [0.717, 1.165) is 58.1 Å².